The molecule has 2 bridgehead atoms. The maximum Gasteiger partial charge on any atom is 0.0214 e. The van der Waals surface area contributed by atoms with Crippen LogP contribution < -0.4 is 10.6 Å². The molecule has 2 nitrogen and oxygen atoms in total. The largest absolute Gasteiger partial charge is 0.315 e. The molecular weight excluding hydrogens is 340 g/mol. The number of fused-ring (bicyclic) bond motifs is 2. The summed E-state index contributed by atoms with van der Waals surface area (Å²) in [5.41, 5.74) is 3.37. The summed E-state index contributed by atoms with van der Waals surface area (Å²) in [4.78, 5) is 0. The van der Waals surface area contributed by atoms with E-state index in [2.05, 4.69) is 85.1 Å². The van der Waals surface area contributed by atoms with Gasteiger partial charge in [-0.15, -0.1) is 0 Å². The van der Waals surface area contributed by atoms with Crippen LogP contribution in [0.5, 0.6) is 0 Å². The standard InChI is InChI=1S/C26H36N2/c1-26(2)23-14-13-22(25(26)17-23)18-27-15-16-28-19-24(20-9-5-3-6-10-20)21-11-7-4-8-12-21/h3-12,22-25,27-28H,13-19H2,1-2H3/t22-,23-,25-/m0/s1. The van der Waals surface area contributed by atoms with E-state index in [-0.39, 0.29) is 0 Å². The first kappa shape index (κ1) is 19.7. The molecule has 2 aromatic carbocycles. The van der Waals surface area contributed by atoms with E-state index in [9.17, 15) is 0 Å². The number of nitrogens with one attached hydrogen (secondary N) is 2. The average Bonchev–Trinajstić information content (AvgIpc) is 2.74. The lowest BCUT2D eigenvalue weighted by atomic mass is 9.45. The third kappa shape index (κ3) is 4.18. The van der Waals surface area contributed by atoms with Gasteiger partial charge in [-0.1, -0.05) is 74.5 Å². The summed E-state index contributed by atoms with van der Waals surface area (Å²) in [5.74, 6) is 3.26. The summed E-state index contributed by atoms with van der Waals surface area (Å²) in [7, 11) is 0. The van der Waals surface area contributed by atoms with Crippen molar-refractivity contribution in [3.8, 4) is 0 Å². The van der Waals surface area contributed by atoms with Crippen LogP contribution in [0.4, 0.5) is 0 Å². The summed E-state index contributed by atoms with van der Waals surface area (Å²) in [5, 5.41) is 7.43. The molecular formula is C26H36N2. The highest BCUT2D eigenvalue weighted by molar-refractivity contribution is 5.32. The van der Waals surface area contributed by atoms with Gasteiger partial charge in [-0.2, -0.15) is 0 Å². The molecule has 28 heavy (non-hydrogen) atoms. The molecule has 0 aromatic heterocycles. The van der Waals surface area contributed by atoms with Gasteiger partial charge in [0.25, 0.3) is 0 Å². The van der Waals surface area contributed by atoms with Crippen molar-refractivity contribution in [2.45, 2.75) is 39.0 Å². The van der Waals surface area contributed by atoms with Crippen molar-refractivity contribution < 1.29 is 0 Å². The Morgan fingerprint density at radius 3 is 2.04 bits per heavy atom. The van der Waals surface area contributed by atoms with Gasteiger partial charge in [0.15, 0.2) is 0 Å². The normalized spacial score (nSPS) is 25.5. The fourth-order valence-corrected chi connectivity index (χ4v) is 5.72. The highest BCUT2D eigenvalue weighted by atomic mass is 14.9. The third-order valence-corrected chi connectivity index (χ3v) is 7.64. The molecule has 3 aliphatic rings. The first-order chi connectivity index (χ1) is 13.7. The lowest BCUT2D eigenvalue weighted by molar-refractivity contribution is -0.103. The summed E-state index contributed by atoms with van der Waals surface area (Å²) in [6.45, 7) is 9.25. The van der Waals surface area contributed by atoms with E-state index >= 15 is 0 Å². The quantitative estimate of drug-likeness (QED) is 0.597. The lowest BCUT2D eigenvalue weighted by Crippen LogP contribution is -2.54. The van der Waals surface area contributed by atoms with Crippen LogP contribution >= 0.6 is 0 Å². The molecule has 0 radical (unpaired) electrons. The molecule has 0 spiro atoms. The third-order valence-electron chi connectivity index (χ3n) is 7.64. The van der Waals surface area contributed by atoms with Gasteiger partial charge in [-0.05, 0) is 60.1 Å². The van der Waals surface area contributed by atoms with Gasteiger partial charge in [0.05, 0.1) is 0 Å². The number of hydrogen-bond acceptors (Lipinski definition) is 2. The zero-order chi connectivity index (χ0) is 19.4. The molecule has 2 aromatic rings. The van der Waals surface area contributed by atoms with E-state index in [1.807, 2.05) is 0 Å². The van der Waals surface area contributed by atoms with E-state index in [0.717, 1.165) is 37.4 Å². The van der Waals surface area contributed by atoms with Crippen LogP contribution in [-0.4, -0.2) is 26.2 Å². The van der Waals surface area contributed by atoms with E-state index in [0.29, 0.717) is 11.3 Å². The van der Waals surface area contributed by atoms with Crippen molar-refractivity contribution >= 4 is 0 Å². The predicted octanol–water partition coefficient (Wildman–Crippen LogP) is 5.07. The second-order valence-electron chi connectivity index (χ2n) is 9.48. The Labute approximate surface area is 171 Å². The first-order valence-electron chi connectivity index (χ1n) is 11.2. The molecule has 0 amide bonds. The maximum atomic E-state index is 3.74. The molecule has 150 valence electrons. The number of hydrogen-bond donors (Lipinski definition) is 2. The zero-order valence-corrected chi connectivity index (χ0v) is 17.5. The van der Waals surface area contributed by atoms with E-state index in [1.54, 1.807) is 0 Å². The molecule has 0 unspecified atom stereocenters. The molecule has 2 heteroatoms. The summed E-state index contributed by atoms with van der Waals surface area (Å²) in [6.07, 6.45) is 4.36. The molecule has 0 heterocycles. The van der Waals surface area contributed by atoms with Crippen molar-refractivity contribution in [1.29, 1.82) is 0 Å². The smallest absolute Gasteiger partial charge is 0.0214 e. The highest BCUT2D eigenvalue weighted by Gasteiger charge is 2.53. The summed E-state index contributed by atoms with van der Waals surface area (Å²) >= 11 is 0. The van der Waals surface area contributed by atoms with Gasteiger partial charge in [-0.3, -0.25) is 0 Å². The van der Waals surface area contributed by atoms with Gasteiger partial charge in [0.1, 0.15) is 0 Å². The molecule has 3 aliphatic carbocycles. The van der Waals surface area contributed by atoms with Crippen LogP contribution in [0.15, 0.2) is 60.7 Å². The number of rotatable bonds is 9. The Hall–Kier alpha value is -1.64. The van der Waals surface area contributed by atoms with E-state index < -0.39 is 0 Å². The van der Waals surface area contributed by atoms with Crippen molar-refractivity contribution in [2.24, 2.45) is 23.2 Å². The Kier molecular flexibility index (Phi) is 6.18. The first-order valence-corrected chi connectivity index (χ1v) is 11.2. The van der Waals surface area contributed by atoms with Crippen molar-refractivity contribution in [3.05, 3.63) is 71.8 Å². The summed E-state index contributed by atoms with van der Waals surface area (Å²) < 4.78 is 0. The van der Waals surface area contributed by atoms with Crippen LogP contribution in [0.25, 0.3) is 0 Å². The van der Waals surface area contributed by atoms with Crippen LogP contribution in [0, 0.1) is 23.2 Å². The second kappa shape index (κ2) is 8.80. The minimum atomic E-state index is 0.411. The SMILES string of the molecule is CC1(C)[C@H]2CC[C@@H](CNCCNCC(c3ccccc3)c3ccccc3)[C@@H]1C2. The van der Waals surface area contributed by atoms with Crippen LogP contribution in [-0.2, 0) is 0 Å². The van der Waals surface area contributed by atoms with Gasteiger partial charge in [0.2, 0.25) is 0 Å². The fourth-order valence-electron chi connectivity index (χ4n) is 5.72. The average molecular weight is 377 g/mol. The van der Waals surface area contributed by atoms with E-state index in [4.69, 9.17) is 0 Å². The van der Waals surface area contributed by atoms with Gasteiger partial charge < -0.3 is 10.6 Å². The Morgan fingerprint density at radius 1 is 0.857 bits per heavy atom. The Bertz CT molecular complexity index is 683. The molecule has 0 aliphatic heterocycles. The van der Waals surface area contributed by atoms with Crippen LogP contribution in [0.2, 0.25) is 0 Å². The zero-order valence-electron chi connectivity index (χ0n) is 17.5. The van der Waals surface area contributed by atoms with Crippen LogP contribution in [0.1, 0.15) is 50.2 Å². The van der Waals surface area contributed by atoms with Gasteiger partial charge in [-0.25, -0.2) is 0 Å². The minimum Gasteiger partial charge on any atom is -0.315 e. The monoisotopic (exact) mass is 376 g/mol. The summed E-state index contributed by atoms with van der Waals surface area (Å²) in [6, 6.07) is 21.7. The van der Waals surface area contributed by atoms with Crippen molar-refractivity contribution in [3.63, 3.8) is 0 Å². The van der Waals surface area contributed by atoms with Gasteiger partial charge in [0, 0.05) is 25.6 Å². The maximum absolute atomic E-state index is 3.74. The Morgan fingerprint density at radius 2 is 1.46 bits per heavy atom. The van der Waals surface area contributed by atoms with Crippen molar-refractivity contribution in [1.82, 2.24) is 10.6 Å². The molecule has 0 saturated heterocycles. The van der Waals surface area contributed by atoms with Gasteiger partial charge >= 0.3 is 0 Å². The van der Waals surface area contributed by atoms with Crippen LogP contribution in [0.3, 0.4) is 0 Å². The fraction of sp³-hybridized carbons (Fsp3) is 0.538. The lowest BCUT2D eigenvalue weighted by Gasteiger charge is -2.60. The molecule has 3 saturated carbocycles. The van der Waals surface area contributed by atoms with Crippen molar-refractivity contribution in [2.75, 3.05) is 26.2 Å². The highest BCUT2D eigenvalue weighted by Crippen LogP contribution is 2.61. The predicted molar refractivity (Wildman–Crippen MR) is 119 cm³/mol. The van der Waals surface area contributed by atoms with E-state index in [1.165, 1.54) is 36.9 Å². The minimum absolute atomic E-state index is 0.411. The topological polar surface area (TPSA) is 24.1 Å². The number of benzene rings is 2. The molecule has 3 atom stereocenters. The molecule has 5 rings (SSSR count). The Balaban J connectivity index is 1.22. The molecule has 3 fully saturated rings. The molecule has 2 N–H and O–H groups in total. The second-order valence-corrected chi connectivity index (χ2v) is 9.48.